The molecule has 0 fully saturated rings. The highest BCUT2D eigenvalue weighted by Crippen LogP contribution is 2.12. The number of rotatable bonds is 46. The van der Waals surface area contributed by atoms with Gasteiger partial charge in [0.15, 0.2) is 6.10 Å². The Morgan fingerprint density at radius 2 is 0.631 bits per heavy atom. The topological polar surface area (TPSA) is 78.9 Å². The number of hydrogen-bond donors (Lipinski definition) is 0. The second kappa shape index (κ2) is 52.7. The molecule has 0 aromatic rings. The maximum absolute atomic E-state index is 12.8. The van der Waals surface area contributed by atoms with Gasteiger partial charge in [-0.2, -0.15) is 0 Å². The van der Waals surface area contributed by atoms with Gasteiger partial charge in [0, 0.05) is 19.3 Å². The first-order chi connectivity index (χ1) is 32.0. The Hall–Kier alpha value is -3.93. The summed E-state index contributed by atoms with van der Waals surface area (Å²) in [7, 11) is 0. The fourth-order valence-corrected chi connectivity index (χ4v) is 6.76. The summed E-state index contributed by atoms with van der Waals surface area (Å²) in [5, 5.41) is 0. The zero-order chi connectivity index (χ0) is 47.2. The van der Waals surface area contributed by atoms with Crippen molar-refractivity contribution in [2.24, 2.45) is 0 Å². The van der Waals surface area contributed by atoms with E-state index in [4.69, 9.17) is 14.2 Å². The van der Waals surface area contributed by atoms with Crippen LogP contribution in [-0.4, -0.2) is 37.2 Å². The summed E-state index contributed by atoms with van der Waals surface area (Å²) in [5.41, 5.74) is 0. The molecule has 6 nitrogen and oxygen atoms in total. The van der Waals surface area contributed by atoms with Gasteiger partial charge in [0.05, 0.1) is 0 Å². The van der Waals surface area contributed by atoms with Crippen molar-refractivity contribution in [3.63, 3.8) is 0 Å². The first kappa shape index (κ1) is 61.1. The molecule has 0 aliphatic carbocycles. The minimum atomic E-state index is -0.823. The van der Waals surface area contributed by atoms with Gasteiger partial charge in [-0.25, -0.2) is 0 Å². The minimum absolute atomic E-state index is 0.115. The molecule has 0 aromatic carbocycles. The third kappa shape index (κ3) is 50.9. The van der Waals surface area contributed by atoms with E-state index in [2.05, 4.69) is 130 Å². The van der Waals surface area contributed by atoms with Crippen molar-refractivity contribution in [1.29, 1.82) is 0 Å². The summed E-state index contributed by atoms with van der Waals surface area (Å²) >= 11 is 0. The molecular formula is C59H96O6. The summed E-state index contributed by atoms with van der Waals surface area (Å²) in [6.45, 7) is 6.39. The standard InChI is InChI=1S/C59H96O6/c1-4-7-10-13-16-19-22-24-26-28-29-31-32-34-37-40-43-46-49-52-58(61)64-55-56(54-63-57(60)51-48-45-42-39-36-21-18-15-12-9-6-3)65-59(62)53-50-47-44-41-38-35-33-30-27-25-23-20-17-14-11-8-5-2/h7,10,15-16,18-19,24-27,29,31,33-35,37,41,44,56H,4-6,8-9,11-14,17,20-23,28,30,32,36,38-40,42-43,45-55H2,1-3H3/b10-7-,18-15-,19-16-,26-24-,27-25-,31-29-,35-33-,37-34-,44-41-/t56-/m0/s1. The maximum atomic E-state index is 12.8. The highest BCUT2D eigenvalue weighted by Gasteiger charge is 2.19. The molecule has 0 aliphatic rings. The molecule has 368 valence electrons. The zero-order valence-electron chi connectivity index (χ0n) is 42.0. The van der Waals surface area contributed by atoms with Crippen LogP contribution >= 0.6 is 0 Å². The van der Waals surface area contributed by atoms with Gasteiger partial charge < -0.3 is 14.2 Å². The number of carbonyl (C=O) groups is 3. The van der Waals surface area contributed by atoms with Crippen LogP contribution in [0, 0.1) is 0 Å². The van der Waals surface area contributed by atoms with Gasteiger partial charge in [-0.1, -0.05) is 201 Å². The lowest BCUT2D eigenvalue weighted by atomic mass is 10.1. The van der Waals surface area contributed by atoms with Crippen LogP contribution in [0.4, 0.5) is 0 Å². The van der Waals surface area contributed by atoms with E-state index >= 15 is 0 Å². The molecule has 6 heteroatoms. The smallest absolute Gasteiger partial charge is 0.306 e. The zero-order valence-corrected chi connectivity index (χ0v) is 42.0. The van der Waals surface area contributed by atoms with Crippen molar-refractivity contribution in [1.82, 2.24) is 0 Å². The predicted octanol–water partition coefficient (Wildman–Crippen LogP) is 17.5. The molecule has 0 saturated heterocycles. The molecule has 0 heterocycles. The van der Waals surface area contributed by atoms with E-state index in [9.17, 15) is 14.4 Å². The number of unbranched alkanes of at least 4 members (excludes halogenated alkanes) is 17. The van der Waals surface area contributed by atoms with Crippen molar-refractivity contribution in [3.05, 3.63) is 109 Å². The summed E-state index contributed by atoms with van der Waals surface area (Å²) in [6.07, 6.45) is 70.8. The number of carbonyl (C=O) groups excluding carboxylic acids is 3. The number of allylic oxidation sites excluding steroid dienone is 18. The highest BCUT2D eigenvalue weighted by molar-refractivity contribution is 5.71. The Kier molecular flexibility index (Phi) is 49.5. The summed E-state index contributed by atoms with van der Waals surface area (Å²) < 4.78 is 16.7. The van der Waals surface area contributed by atoms with Gasteiger partial charge in [0.1, 0.15) is 13.2 Å². The van der Waals surface area contributed by atoms with E-state index in [-0.39, 0.29) is 37.5 Å². The van der Waals surface area contributed by atoms with E-state index in [1.807, 2.05) is 0 Å². The quantitative estimate of drug-likeness (QED) is 0.0262. The molecule has 0 radical (unpaired) electrons. The van der Waals surface area contributed by atoms with Gasteiger partial charge in [-0.05, 0) is 116 Å². The van der Waals surface area contributed by atoms with Crippen LogP contribution in [0.1, 0.15) is 226 Å². The van der Waals surface area contributed by atoms with Gasteiger partial charge in [-0.15, -0.1) is 0 Å². The highest BCUT2D eigenvalue weighted by atomic mass is 16.6. The number of esters is 3. The van der Waals surface area contributed by atoms with Crippen LogP contribution < -0.4 is 0 Å². The van der Waals surface area contributed by atoms with Crippen molar-refractivity contribution in [2.45, 2.75) is 232 Å². The third-order valence-corrected chi connectivity index (χ3v) is 10.7. The van der Waals surface area contributed by atoms with Crippen LogP contribution in [0.2, 0.25) is 0 Å². The van der Waals surface area contributed by atoms with Crippen molar-refractivity contribution in [2.75, 3.05) is 13.2 Å². The van der Waals surface area contributed by atoms with E-state index in [0.717, 1.165) is 109 Å². The summed E-state index contributed by atoms with van der Waals surface area (Å²) in [5.74, 6) is -1.02. The number of hydrogen-bond acceptors (Lipinski definition) is 6. The Bertz CT molecular complexity index is 1360. The average Bonchev–Trinajstić information content (AvgIpc) is 3.30. The maximum Gasteiger partial charge on any atom is 0.306 e. The van der Waals surface area contributed by atoms with Gasteiger partial charge in [0.2, 0.25) is 0 Å². The molecular weight excluding hydrogens is 805 g/mol. The lowest BCUT2D eigenvalue weighted by Gasteiger charge is -2.18. The third-order valence-electron chi connectivity index (χ3n) is 10.7. The minimum Gasteiger partial charge on any atom is -0.462 e. The molecule has 0 aromatic heterocycles. The molecule has 0 spiro atoms. The number of ether oxygens (including phenoxy) is 3. The van der Waals surface area contributed by atoms with Crippen LogP contribution in [0.25, 0.3) is 0 Å². The molecule has 0 N–H and O–H groups in total. The molecule has 0 saturated carbocycles. The lowest BCUT2D eigenvalue weighted by Crippen LogP contribution is -2.30. The molecule has 0 amide bonds. The molecule has 1 atom stereocenters. The molecule has 65 heavy (non-hydrogen) atoms. The van der Waals surface area contributed by atoms with E-state index in [1.54, 1.807) is 0 Å². The van der Waals surface area contributed by atoms with Gasteiger partial charge in [-0.3, -0.25) is 14.4 Å². The van der Waals surface area contributed by atoms with E-state index in [0.29, 0.717) is 19.3 Å². The summed E-state index contributed by atoms with van der Waals surface area (Å²) in [6, 6.07) is 0. The molecule has 0 aliphatic heterocycles. The monoisotopic (exact) mass is 901 g/mol. The Balaban J connectivity index is 4.52. The first-order valence-electron chi connectivity index (χ1n) is 26.4. The Morgan fingerprint density at radius 3 is 1.06 bits per heavy atom. The van der Waals surface area contributed by atoms with Crippen LogP contribution in [-0.2, 0) is 28.6 Å². The molecule has 0 unspecified atom stereocenters. The predicted molar refractivity (Wildman–Crippen MR) is 279 cm³/mol. The second-order valence-electron chi connectivity index (χ2n) is 17.0. The van der Waals surface area contributed by atoms with Crippen molar-refractivity contribution >= 4 is 17.9 Å². The van der Waals surface area contributed by atoms with E-state index < -0.39 is 6.10 Å². The summed E-state index contributed by atoms with van der Waals surface area (Å²) in [4.78, 5) is 38.0. The fourth-order valence-electron chi connectivity index (χ4n) is 6.76. The lowest BCUT2D eigenvalue weighted by molar-refractivity contribution is -0.167. The van der Waals surface area contributed by atoms with Gasteiger partial charge >= 0.3 is 17.9 Å². The van der Waals surface area contributed by atoms with Crippen LogP contribution in [0.5, 0.6) is 0 Å². The largest absolute Gasteiger partial charge is 0.462 e. The van der Waals surface area contributed by atoms with E-state index in [1.165, 1.54) is 70.6 Å². The second-order valence-corrected chi connectivity index (χ2v) is 17.0. The molecule has 0 rings (SSSR count). The van der Waals surface area contributed by atoms with Crippen LogP contribution in [0.15, 0.2) is 109 Å². The normalized spacial score (nSPS) is 13.0. The fraction of sp³-hybridized carbons (Fsp3) is 0.644. The van der Waals surface area contributed by atoms with Crippen LogP contribution in [0.3, 0.4) is 0 Å². The van der Waals surface area contributed by atoms with Gasteiger partial charge in [0.25, 0.3) is 0 Å². The Labute approximate surface area is 400 Å². The van der Waals surface area contributed by atoms with Crippen molar-refractivity contribution < 1.29 is 28.6 Å². The SMILES string of the molecule is CC/C=C\C/C=C\C/C=C\C/C=C\C/C=C\CCCCCC(=O)OC[C@H](COC(=O)CCCCCCC/C=C\CCCC)OC(=O)CCC/C=C\C/C=C\C/C=C\CCCCCCCC. The van der Waals surface area contributed by atoms with Crippen molar-refractivity contribution in [3.8, 4) is 0 Å². The molecule has 0 bridgehead atoms. The first-order valence-corrected chi connectivity index (χ1v) is 26.4. The average molecular weight is 901 g/mol. The Morgan fingerprint density at radius 1 is 0.323 bits per heavy atom.